The lowest BCUT2D eigenvalue weighted by Crippen LogP contribution is -2.29. The predicted octanol–water partition coefficient (Wildman–Crippen LogP) is 3.68. The molecule has 1 aromatic carbocycles. The molecule has 2 rings (SSSR count). The van der Waals surface area contributed by atoms with Crippen LogP contribution in [0, 0.1) is 13.8 Å². The average Bonchev–Trinajstić information content (AvgIpc) is 2.70. The van der Waals surface area contributed by atoms with Crippen LogP contribution in [0.2, 0.25) is 0 Å². The summed E-state index contributed by atoms with van der Waals surface area (Å²) in [7, 11) is 0. The second-order valence-electron chi connectivity index (χ2n) is 4.04. The van der Waals surface area contributed by atoms with Crippen LogP contribution in [-0.2, 0) is 0 Å². The minimum absolute atomic E-state index is 0.0468. The molecule has 0 saturated carbocycles. The maximum Gasteiger partial charge on any atom is 0.0818 e. The van der Waals surface area contributed by atoms with Crippen LogP contribution in [-0.4, -0.2) is 0 Å². The van der Waals surface area contributed by atoms with Crippen molar-refractivity contribution in [3.63, 3.8) is 0 Å². The standard InChI is InChI=1S/C13H15BrN2S/c1-8-4-3-5-9(2)11(8)12(16-15)13-10(14)6-7-17-13/h3-7,12,16H,15H2,1-2H3. The molecule has 0 aliphatic heterocycles. The van der Waals surface area contributed by atoms with Gasteiger partial charge in [-0.1, -0.05) is 18.2 Å². The van der Waals surface area contributed by atoms with Crippen LogP contribution in [0.15, 0.2) is 34.1 Å². The van der Waals surface area contributed by atoms with Crippen molar-refractivity contribution in [3.8, 4) is 0 Å². The van der Waals surface area contributed by atoms with E-state index in [0.717, 1.165) is 4.47 Å². The van der Waals surface area contributed by atoms with Gasteiger partial charge in [-0.15, -0.1) is 11.3 Å². The van der Waals surface area contributed by atoms with Crippen molar-refractivity contribution in [2.45, 2.75) is 19.9 Å². The molecule has 1 atom stereocenters. The van der Waals surface area contributed by atoms with Gasteiger partial charge in [-0.3, -0.25) is 5.84 Å². The van der Waals surface area contributed by atoms with Gasteiger partial charge in [-0.2, -0.15) is 0 Å². The monoisotopic (exact) mass is 310 g/mol. The van der Waals surface area contributed by atoms with E-state index >= 15 is 0 Å². The number of nitrogens with one attached hydrogen (secondary N) is 1. The molecule has 0 amide bonds. The number of nitrogens with two attached hydrogens (primary N) is 1. The molecule has 17 heavy (non-hydrogen) atoms. The summed E-state index contributed by atoms with van der Waals surface area (Å²) in [6.45, 7) is 4.24. The molecule has 0 bridgehead atoms. The van der Waals surface area contributed by atoms with Gasteiger partial charge in [-0.05, 0) is 57.9 Å². The zero-order chi connectivity index (χ0) is 12.4. The molecule has 2 aromatic rings. The number of benzene rings is 1. The lowest BCUT2D eigenvalue weighted by molar-refractivity contribution is 0.638. The van der Waals surface area contributed by atoms with E-state index in [4.69, 9.17) is 5.84 Å². The Hall–Kier alpha value is -0.680. The van der Waals surface area contributed by atoms with E-state index in [1.807, 2.05) is 0 Å². The maximum absolute atomic E-state index is 5.74. The first-order chi connectivity index (χ1) is 8.15. The van der Waals surface area contributed by atoms with E-state index in [1.165, 1.54) is 21.6 Å². The molecule has 3 N–H and O–H groups in total. The summed E-state index contributed by atoms with van der Waals surface area (Å²) in [5, 5.41) is 2.07. The Balaban J connectivity index is 2.53. The summed E-state index contributed by atoms with van der Waals surface area (Å²) >= 11 is 5.27. The van der Waals surface area contributed by atoms with E-state index < -0.39 is 0 Å². The summed E-state index contributed by atoms with van der Waals surface area (Å²) in [4.78, 5) is 1.21. The second-order valence-corrected chi connectivity index (χ2v) is 5.84. The molecule has 90 valence electrons. The molecule has 1 heterocycles. The number of halogens is 1. The van der Waals surface area contributed by atoms with Crippen LogP contribution in [0.5, 0.6) is 0 Å². The van der Waals surface area contributed by atoms with Crippen molar-refractivity contribution in [3.05, 3.63) is 55.7 Å². The van der Waals surface area contributed by atoms with Gasteiger partial charge in [-0.25, -0.2) is 5.43 Å². The highest BCUT2D eigenvalue weighted by molar-refractivity contribution is 9.10. The van der Waals surface area contributed by atoms with Crippen LogP contribution in [0.4, 0.5) is 0 Å². The third kappa shape index (κ3) is 2.45. The highest BCUT2D eigenvalue weighted by Gasteiger charge is 2.20. The van der Waals surface area contributed by atoms with Crippen LogP contribution in [0.25, 0.3) is 0 Å². The van der Waals surface area contributed by atoms with Crippen molar-refractivity contribution in [2.75, 3.05) is 0 Å². The Kier molecular flexibility index (Phi) is 3.99. The van der Waals surface area contributed by atoms with Gasteiger partial charge in [0.1, 0.15) is 0 Å². The zero-order valence-electron chi connectivity index (χ0n) is 9.83. The lowest BCUT2D eigenvalue weighted by Gasteiger charge is -2.20. The number of thiophene rings is 1. The van der Waals surface area contributed by atoms with Gasteiger partial charge in [0.2, 0.25) is 0 Å². The van der Waals surface area contributed by atoms with Crippen LogP contribution in [0.1, 0.15) is 27.6 Å². The lowest BCUT2D eigenvalue weighted by atomic mass is 9.95. The zero-order valence-corrected chi connectivity index (χ0v) is 12.2. The first-order valence-electron chi connectivity index (χ1n) is 5.40. The minimum Gasteiger partial charge on any atom is -0.271 e. The Labute approximate surface area is 114 Å². The number of hydrogen-bond acceptors (Lipinski definition) is 3. The topological polar surface area (TPSA) is 38.0 Å². The average molecular weight is 311 g/mol. The fraction of sp³-hybridized carbons (Fsp3) is 0.231. The largest absolute Gasteiger partial charge is 0.271 e. The van der Waals surface area contributed by atoms with E-state index in [9.17, 15) is 0 Å². The maximum atomic E-state index is 5.74. The van der Waals surface area contributed by atoms with Crippen LogP contribution in [0.3, 0.4) is 0 Å². The fourth-order valence-corrected chi connectivity index (χ4v) is 3.75. The van der Waals surface area contributed by atoms with Gasteiger partial charge in [0, 0.05) is 9.35 Å². The molecule has 4 heteroatoms. The van der Waals surface area contributed by atoms with Crippen molar-refractivity contribution < 1.29 is 0 Å². The molecule has 0 spiro atoms. The molecule has 0 aliphatic rings. The predicted molar refractivity (Wildman–Crippen MR) is 77.1 cm³/mol. The molecule has 1 aromatic heterocycles. The molecular formula is C13H15BrN2S. The Morgan fingerprint density at radius 3 is 2.35 bits per heavy atom. The number of aryl methyl sites for hydroxylation is 2. The highest BCUT2D eigenvalue weighted by atomic mass is 79.9. The fourth-order valence-electron chi connectivity index (χ4n) is 2.08. The molecule has 0 radical (unpaired) electrons. The summed E-state index contributed by atoms with van der Waals surface area (Å²) < 4.78 is 1.10. The Bertz CT molecular complexity index is 502. The van der Waals surface area contributed by atoms with Crippen molar-refractivity contribution in [1.82, 2.24) is 5.43 Å². The minimum atomic E-state index is 0.0468. The molecule has 1 unspecified atom stereocenters. The number of rotatable bonds is 3. The van der Waals surface area contributed by atoms with E-state index in [1.54, 1.807) is 11.3 Å². The van der Waals surface area contributed by atoms with Crippen LogP contribution < -0.4 is 11.3 Å². The molecular weight excluding hydrogens is 296 g/mol. The first kappa shape index (κ1) is 12.8. The summed E-state index contributed by atoms with van der Waals surface area (Å²) in [6, 6.07) is 8.41. The van der Waals surface area contributed by atoms with E-state index in [-0.39, 0.29) is 6.04 Å². The second kappa shape index (κ2) is 5.31. The smallest absolute Gasteiger partial charge is 0.0818 e. The van der Waals surface area contributed by atoms with Gasteiger partial charge >= 0.3 is 0 Å². The molecule has 0 fully saturated rings. The van der Waals surface area contributed by atoms with Gasteiger partial charge in [0.05, 0.1) is 6.04 Å². The molecule has 0 saturated heterocycles. The summed E-state index contributed by atoms with van der Waals surface area (Å²) in [5.41, 5.74) is 6.70. The van der Waals surface area contributed by atoms with Gasteiger partial charge in [0.15, 0.2) is 0 Å². The molecule has 0 aliphatic carbocycles. The van der Waals surface area contributed by atoms with Crippen molar-refractivity contribution >= 4 is 27.3 Å². The first-order valence-corrected chi connectivity index (χ1v) is 7.07. The highest BCUT2D eigenvalue weighted by Crippen LogP contribution is 2.35. The third-order valence-corrected chi connectivity index (χ3v) is 4.84. The Morgan fingerprint density at radius 1 is 1.24 bits per heavy atom. The normalized spacial score (nSPS) is 12.7. The number of hydrazine groups is 1. The third-order valence-electron chi connectivity index (χ3n) is 2.90. The van der Waals surface area contributed by atoms with Crippen molar-refractivity contribution in [1.29, 1.82) is 0 Å². The Morgan fingerprint density at radius 2 is 1.88 bits per heavy atom. The van der Waals surface area contributed by atoms with E-state index in [0.29, 0.717) is 0 Å². The van der Waals surface area contributed by atoms with E-state index in [2.05, 4.69) is 64.8 Å². The number of hydrogen-bond donors (Lipinski definition) is 2. The van der Waals surface area contributed by atoms with Crippen LogP contribution >= 0.6 is 27.3 Å². The molecule has 2 nitrogen and oxygen atoms in total. The van der Waals surface area contributed by atoms with Gasteiger partial charge in [0.25, 0.3) is 0 Å². The SMILES string of the molecule is Cc1cccc(C)c1C(NN)c1sccc1Br. The summed E-state index contributed by atoms with van der Waals surface area (Å²) in [6.07, 6.45) is 0. The van der Waals surface area contributed by atoms with Crippen molar-refractivity contribution in [2.24, 2.45) is 5.84 Å². The summed E-state index contributed by atoms with van der Waals surface area (Å²) in [5.74, 6) is 5.74. The van der Waals surface area contributed by atoms with Gasteiger partial charge < -0.3 is 0 Å². The quantitative estimate of drug-likeness (QED) is 0.670.